The first-order valence-electron chi connectivity index (χ1n) is 10.7. The Labute approximate surface area is 216 Å². The standard InChI is InChI=1S/C22H23Cl2F3N4O4S/c23-8-9-28-36(34,35)29-13-19(32)31(16-5-3-4-14(25)10-16)20(17-6-1-2-7-18(17)24)21(33)30-15-11-22(26,27)12-15/h1-7,10,15,20,28-29H,8-9,11-13H2,(H,30,33). The van der Waals surface area contributed by atoms with Crippen LogP contribution in [0.2, 0.25) is 5.02 Å². The number of nitrogens with one attached hydrogen (secondary N) is 3. The zero-order valence-corrected chi connectivity index (χ0v) is 21.0. The molecule has 1 atom stereocenters. The Morgan fingerprint density at radius 1 is 1.11 bits per heavy atom. The molecule has 2 aromatic rings. The molecule has 0 saturated heterocycles. The van der Waals surface area contributed by atoms with E-state index in [9.17, 15) is 31.2 Å². The molecule has 196 valence electrons. The molecule has 0 radical (unpaired) electrons. The number of anilines is 1. The second kappa shape index (κ2) is 11.8. The molecular weight excluding hydrogens is 544 g/mol. The number of hydrogen-bond acceptors (Lipinski definition) is 4. The van der Waals surface area contributed by atoms with Crippen LogP contribution in [0, 0.1) is 5.82 Å². The molecule has 1 aliphatic carbocycles. The average Bonchev–Trinajstić information content (AvgIpc) is 2.79. The Balaban J connectivity index is 2.00. The van der Waals surface area contributed by atoms with Gasteiger partial charge in [0.05, 0.1) is 6.54 Å². The molecule has 0 aromatic heterocycles. The summed E-state index contributed by atoms with van der Waals surface area (Å²) in [6.07, 6.45) is -1.15. The highest BCUT2D eigenvalue weighted by Crippen LogP contribution is 2.38. The molecule has 3 rings (SSSR count). The van der Waals surface area contributed by atoms with Gasteiger partial charge in [-0.3, -0.25) is 14.5 Å². The summed E-state index contributed by atoms with van der Waals surface area (Å²) in [6, 6.07) is 8.40. The number of carbonyl (C=O) groups excluding carboxylic acids is 2. The average molecular weight is 567 g/mol. The molecular formula is C22H23Cl2F3N4O4S. The van der Waals surface area contributed by atoms with Crippen molar-refractivity contribution in [1.29, 1.82) is 0 Å². The molecule has 1 aliphatic rings. The van der Waals surface area contributed by atoms with Crippen molar-refractivity contribution in [2.75, 3.05) is 23.9 Å². The first-order valence-corrected chi connectivity index (χ1v) is 13.1. The zero-order chi connectivity index (χ0) is 26.5. The highest BCUT2D eigenvalue weighted by Gasteiger charge is 2.47. The molecule has 0 bridgehead atoms. The molecule has 36 heavy (non-hydrogen) atoms. The summed E-state index contributed by atoms with van der Waals surface area (Å²) in [5.41, 5.74) is 0.0513. The van der Waals surface area contributed by atoms with Gasteiger partial charge in [0.1, 0.15) is 11.9 Å². The van der Waals surface area contributed by atoms with Gasteiger partial charge in [0.25, 0.3) is 16.1 Å². The van der Waals surface area contributed by atoms with Crippen molar-refractivity contribution in [2.24, 2.45) is 0 Å². The Hall–Kier alpha value is -2.38. The summed E-state index contributed by atoms with van der Waals surface area (Å²) in [6.45, 7) is -0.917. The van der Waals surface area contributed by atoms with Gasteiger partial charge < -0.3 is 5.32 Å². The highest BCUT2D eigenvalue weighted by atomic mass is 35.5. The predicted octanol–water partition coefficient (Wildman–Crippen LogP) is 3.13. The van der Waals surface area contributed by atoms with Crippen molar-refractivity contribution in [1.82, 2.24) is 14.8 Å². The van der Waals surface area contributed by atoms with Gasteiger partial charge in [-0.15, -0.1) is 11.6 Å². The quantitative estimate of drug-likeness (QED) is 0.363. The minimum Gasteiger partial charge on any atom is -0.351 e. The molecule has 1 fully saturated rings. The van der Waals surface area contributed by atoms with Crippen LogP contribution >= 0.6 is 23.2 Å². The van der Waals surface area contributed by atoms with Gasteiger partial charge in [0.2, 0.25) is 11.8 Å². The monoisotopic (exact) mass is 566 g/mol. The smallest absolute Gasteiger partial charge is 0.277 e. The van der Waals surface area contributed by atoms with E-state index in [0.717, 1.165) is 17.0 Å². The normalized spacial score (nSPS) is 16.1. The second-order valence-electron chi connectivity index (χ2n) is 8.05. The lowest BCUT2D eigenvalue weighted by Crippen LogP contribution is -2.55. The summed E-state index contributed by atoms with van der Waals surface area (Å²) in [5, 5.41) is 2.57. The molecule has 1 unspecified atom stereocenters. The summed E-state index contributed by atoms with van der Waals surface area (Å²) in [4.78, 5) is 27.6. The molecule has 2 aromatic carbocycles. The summed E-state index contributed by atoms with van der Waals surface area (Å²) >= 11 is 11.8. The Morgan fingerprint density at radius 3 is 2.42 bits per heavy atom. The molecule has 14 heteroatoms. The van der Waals surface area contributed by atoms with E-state index in [1.807, 2.05) is 4.72 Å². The van der Waals surface area contributed by atoms with Crippen molar-refractivity contribution < 1.29 is 31.2 Å². The minimum atomic E-state index is -4.12. The summed E-state index contributed by atoms with van der Waals surface area (Å²) < 4.78 is 69.2. The van der Waals surface area contributed by atoms with E-state index < -0.39 is 65.2 Å². The lowest BCUT2D eigenvalue weighted by molar-refractivity contribution is -0.132. The van der Waals surface area contributed by atoms with Gasteiger partial charge in [-0.1, -0.05) is 35.9 Å². The molecule has 3 N–H and O–H groups in total. The largest absolute Gasteiger partial charge is 0.351 e. The topological polar surface area (TPSA) is 108 Å². The van der Waals surface area contributed by atoms with Crippen LogP contribution in [0.15, 0.2) is 48.5 Å². The third-order valence-electron chi connectivity index (χ3n) is 5.30. The minimum absolute atomic E-state index is 0.0146. The number of halogens is 5. The number of carbonyl (C=O) groups is 2. The van der Waals surface area contributed by atoms with E-state index in [0.29, 0.717) is 0 Å². The van der Waals surface area contributed by atoms with E-state index in [1.165, 1.54) is 24.3 Å². The van der Waals surface area contributed by atoms with Crippen LogP contribution in [0.5, 0.6) is 0 Å². The van der Waals surface area contributed by atoms with E-state index >= 15 is 0 Å². The van der Waals surface area contributed by atoms with Crippen molar-refractivity contribution in [3.8, 4) is 0 Å². The van der Waals surface area contributed by atoms with Crippen molar-refractivity contribution >= 4 is 50.9 Å². The first kappa shape index (κ1) is 28.2. The van der Waals surface area contributed by atoms with Crippen LogP contribution in [0.25, 0.3) is 0 Å². The maximum atomic E-state index is 14.1. The molecule has 2 amide bonds. The number of hydrogen-bond donors (Lipinski definition) is 3. The number of benzene rings is 2. The Morgan fingerprint density at radius 2 is 1.81 bits per heavy atom. The van der Waals surface area contributed by atoms with E-state index in [4.69, 9.17) is 23.2 Å². The van der Waals surface area contributed by atoms with Gasteiger partial charge in [0, 0.05) is 47.6 Å². The Kier molecular flexibility index (Phi) is 9.23. The van der Waals surface area contributed by atoms with Crippen molar-refractivity contribution in [3.63, 3.8) is 0 Å². The number of rotatable bonds is 11. The lowest BCUT2D eigenvalue weighted by Gasteiger charge is -2.38. The fourth-order valence-corrected chi connectivity index (χ4v) is 4.90. The fourth-order valence-electron chi connectivity index (χ4n) is 3.67. The van der Waals surface area contributed by atoms with Gasteiger partial charge in [-0.05, 0) is 24.3 Å². The van der Waals surface area contributed by atoms with Crippen LogP contribution in [0.3, 0.4) is 0 Å². The van der Waals surface area contributed by atoms with Crippen molar-refractivity contribution in [2.45, 2.75) is 30.8 Å². The maximum Gasteiger partial charge on any atom is 0.277 e. The fraction of sp³-hybridized carbons (Fsp3) is 0.364. The molecule has 1 saturated carbocycles. The number of amides is 2. The van der Waals surface area contributed by atoms with Crippen LogP contribution in [0.4, 0.5) is 18.9 Å². The summed E-state index contributed by atoms with van der Waals surface area (Å²) in [5.74, 6) is -5.43. The van der Waals surface area contributed by atoms with Crippen LogP contribution in [-0.2, 0) is 19.8 Å². The maximum absolute atomic E-state index is 14.1. The summed E-state index contributed by atoms with van der Waals surface area (Å²) in [7, 11) is -4.12. The molecule has 0 spiro atoms. The third-order valence-corrected chi connectivity index (χ3v) is 6.94. The van der Waals surface area contributed by atoms with Crippen molar-refractivity contribution in [3.05, 3.63) is 64.9 Å². The third kappa shape index (κ3) is 7.32. The number of alkyl halides is 3. The van der Waals surface area contributed by atoms with E-state index in [1.54, 1.807) is 12.1 Å². The first-order chi connectivity index (χ1) is 16.9. The van der Waals surface area contributed by atoms with Gasteiger partial charge in [-0.2, -0.15) is 13.1 Å². The molecule has 0 heterocycles. The van der Waals surface area contributed by atoms with Crippen LogP contribution in [0.1, 0.15) is 24.4 Å². The van der Waals surface area contributed by atoms with Crippen LogP contribution < -0.4 is 19.7 Å². The van der Waals surface area contributed by atoms with Gasteiger partial charge in [-0.25, -0.2) is 17.9 Å². The van der Waals surface area contributed by atoms with Crippen LogP contribution in [-0.4, -0.2) is 51.2 Å². The lowest BCUT2D eigenvalue weighted by atomic mass is 9.87. The highest BCUT2D eigenvalue weighted by molar-refractivity contribution is 7.87. The van der Waals surface area contributed by atoms with Gasteiger partial charge in [0.15, 0.2) is 0 Å². The molecule has 8 nitrogen and oxygen atoms in total. The molecule has 0 aliphatic heterocycles. The number of nitrogens with zero attached hydrogens (tertiary/aromatic N) is 1. The predicted molar refractivity (Wildman–Crippen MR) is 130 cm³/mol. The zero-order valence-electron chi connectivity index (χ0n) is 18.7. The van der Waals surface area contributed by atoms with E-state index in [2.05, 4.69) is 10.0 Å². The second-order valence-corrected chi connectivity index (χ2v) is 10.4. The van der Waals surface area contributed by atoms with Gasteiger partial charge >= 0.3 is 0 Å². The van der Waals surface area contributed by atoms with E-state index in [-0.39, 0.29) is 28.7 Å². The SMILES string of the molecule is O=C(NC1CC(F)(F)C1)C(c1ccccc1Cl)N(C(=O)CNS(=O)(=O)NCCCl)c1cccc(F)c1. The Bertz CT molecular complexity index is 1210.